The summed E-state index contributed by atoms with van der Waals surface area (Å²) in [6, 6.07) is 5.12. The van der Waals surface area contributed by atoms with Crippen molar-refractivity contribution in [1.29, 1.82) is 0 Å². The number of hydrogen-bond donors (Lipinski definition) is 1. The van der Waals surface area contributed by atoms with Gasteiger partial charge >= 0.3 is 0 Å². The Bertz CT molecular complexity index is 374. The second-order valence-corrected chi connectivity index (χ2v) is 3.93. The van der Waals surface area contributed by atoms with Crippen molar-refractivity contribution in [2.45, 2.75) is 32.1 Å². The number of benzene rings is 1. The Morgan fingerprint density at radius 3 is 2.62 bits per heavy atom. The van der Waals surface area contributed by atoms with E-state index < -0.39 is 0 Å². The molecule has 0 heterocycles. The second kappa shape index (κ2) is 5.75. The third-order valence-corrected chi connectivity index (χ3v) is 3.00. The summed E-state index contributed by atoms with van der Waals surface area (Å²) in [6.07, 6.45) is 2.12. The summed E-state index contributed by atoms with van der Waals surface area (Å²) >= 11 is 0. The molecular formula is C13H17FO2. The summed E-state index contributed by atoms with van der Waals surface area (Å²) in [5.41, 5.74) is 1.71. The van der Waals surface area contributed by atoms with Gasteiger partial charge < -0.3 is 5.11 Å². The second-order valence-electron chi connectivity index (χ2n) is 3.93. The van der Waals surface area contributed by atoms with Crippen LogP contribution in [0.5, 0.6) is 0 Å². The standard InChI is InChI=1S/C12H13FO.CH4O/c1-8-11(3-2-4-12(8)13)9-5-6-10(14)7-9;1-2/h2-4,9H,5-7H2,1H3;2H,1H3. The third kappa shape index (κ3) is 2.67. The Labute approximate surface area is 95.1 Å². The van der Waals surface area contributed by atoms with Crippen LogP contribution in [0.1, 0.15) is 36.3 Å². The number of aliphatic hydroxyl groups is 1. The Kier molecular flexibility index (Phi) is 4.62. The maximum absolute atomic E-state index is 13.2. The first-order chi connectivity index (χ1) is 7.68. The van der Waals surface area contributed by atoms with Crippen LogP contribution in [0.25, 0.3) is 0 Å². The van der Waals surface area contributed by atoms with Gasteiger partial charge in [-0.1, -0.05) is 12.1 Å². The fourth-order valence-corrected chi connectivity index (χ4v) is 2.15. The van der Waals surface area contributed by atoms with E-state index in [0.29, 0.717) is 24.2 Å². The minimum atomic E-state index is -0.165. The van der Waals surface area contributed by atoms with Crippen LogP contribution in [0.3, 0.4) is 0 Å². The summed E-state index contributed by atoms with van der Waals surface area (Å²) in [6.45, 7) is 1.79. The van der Waals surface area contributed by atoms with E-state index in [2.05, 4.69) is 0 Å². The molecule has 88 valence electrons. The molecule has 1 aromatic rings. The molecule has 16 heavy (non-hydrogen) atoms. The van der Waals surface area contributed by atoms with Gasteiger partial charge in [-0.3, -0.25) is 4.79 Å². The lowest BCUT2D eigenvalue weighted by Gasteiger charge is -2.12. The van der Waals surface area contributed by atoms with Crippen molar-refractivity contribution in [3.8, 4) is 0 Å². The molecule has 1 aliphatic carbocycles. The van der Waals surface area contributed by atoms with Gasteiger partial charge in [0.1, 0.15) is 11.6 Å². The van der Waals surface area contributed by atoms with Crippen LogP contribution in [-0.2, 0) is 4.79 Å². The van der Waals surface area contributed by atoms with Crippen molar-refractivity contribution >= 4 is 5.78 Å². The van der Waals surface area contributed by atoms with E-state index in [4.69, 9.17) is 5.11 Å². The quantitative estimate of drug-likeness (QED) is 0.796. The molecule has 1 aliphatic rings. The predicted octanol–water partition coefficient (Wildman–Crippen LogP) is 2.58. The molecule has 1 fully saturated rings. The van der Waals surface area contributed by atoms with Gasteiger partial charge in [-0.05, 0) is 36.5 Å². The van der Waals surface area contributed by atoms with Gasteiger partial charge in [0, 0.05) is 20.0 Å². The van der Waals surface area contributed by atoms with Crippen LogP contribution in [0, 0.1) is 12.7 Å². The summed E-state index contributed by atoms with van der Waals surface area (Å²) in [7, 11) is 1.00. The van der Waals surface area contributed by atoms with Crippen LogP contribution < -0.4 is 0 Å². The first-order valence-electron chi connectivity index (χ1n) is 5.40. The molecule has 0 amide bonds. The van der Waals surface area contributed by atoms with Crippen LogP contribution in [0.4, 0.5) is 4.39 Å². The van der Waals surface area contributed by atoms with E-state index in [1.165, 1.54) is 6.07 Å². The largest absolute Gasteiger partial charge is 0.400 e. The van der Waals surface area contributed by atoms with Crippen molar-refractivity contribution < 1.29 is 14.3 Å². The highest BCUT2D eigenvalue weighted by atomic mass is 19.1. The van der Waals surface area contributed by atoms with Gasteiger partial charge in [-0.2, -0.15) is 0 Å². The Balaban J connectivity index is 0.000000606. The molecule has 0 saturated heterocycles. The number of rotatable bonds is 1. The molecule has 1 saturated carbocycles. The number of halogens is 1. The summed E-state index contributed by atoms with van der Waals surface area (Å²) in [4.78, 5) is 11.1. The maximum atomic E-state index is 13.2. The van der Waals surface area contributed by atoms with Crippen LogP contribution >= 0.6 is 0 Å². The molecular weight excluding hydrogens is 207 g/mol. The average Bonchev–Trinajstić information content (AvgIpc) is 2.72. The Morgan fingerprint density at radius 2 is 2.06 bits per heavy atom. The molecule has 1 N–H and O–H groups in total. The first kappa shape index (κ1) is 12.8. The van der Waals surface area contributed by atoms with E-state index >= 15 is 0 Å². The summed E-state index contributed by atoms with van der Waals surface area (Å²) in [5.74, 6) is 0.388. The zero-order chi connectivity index (χ0) is 12.1. The summed E-state index contributed by atoms with van der Waals surface area (Å²) < 4.78 is 13.2. The number of carbonyl (C=O) groups is 1. The van der Waals surface area contributed by atoms with Gasteiger partial charge in [0.15, 0.2) is 0 Å². The minimum Gasteiger partial charge on any atom is -0.400 e. The number of aliphatic hydroxyl groups excluding tert-OH is 1. The van der Waals surface area contributed by atoms with Crippen LogP contribution in [0.2, 0.25) is 0 Å². The van der Waals surface area contributed by atoms with Crippen molar-refractivity contribution in [3.63, 3.8) is 0 Å². The fourth-order valence-electron chi connectivity index (χ4n) is 2.15. The number of carbonyl (C=O) groups excluding carboxylic acids is 1. The van der Waals surface area contributed by atoms with Gasteiger partial charge in [0.25, 0.3) is 0 Å². The van der Waals surface area contributed by atoms with Crippen LogP contribution in [0.15, 0.2) is 18.2 Å². The minimum absolute atomic E-state index is 0.165. The van der Waals surface area contributed by atoms with E-state index in [-0.39, 0.29) is 11.7 Å². The van der Waals surface area contributed by atoms with Crippen molar-refractivity contribution in [2.24, 2.45) is 0 Å². The molecule has 0 aromatic heterocycles. The van der Waals surface area contributed by atoms with E-state index in [0.717, 1.165) is 19.1 Å². The molecule has 3 heteroatoms. The van der Waals surface area contributed by atoms with E-state index in [9.17, 15) is 9.18 Å². The van der Waals surface area contributed by atoms with Gasteiger partial charge in [-0.25, -0.2) is 4.39 Å². The highest BCUT2D eigenvalue weighted by Crippen LogP contribution is 2.34. The van der Waals surface area contributed by atoms with Crippen LogP contribution in [-0.4, -0.2) is 18.0 Å². The fraction of sp³-hybridized carbons (Fsp3) is 0.462. The normalized spacial score (nSPS) is 19.2. The lowest BCUT2D eigenvalue weighted by molar-refractivity contribution is -0.117. The zero-order valence-electron chi connectivity index (χ0n) is 9.66. The maximum Gasteiger partial charge on any atom is 0.133 e. The van der Waals surface area contributed by atoms with E-state index in [1.807, 2.05) is 6.07 Å². The van der Waals surface area contributed by atoms with Crippen molar-refractivity contribution in [1.82, 2.24) is 0 Å². The number of ketones is 1. The Hall–Kier alpha value is -1.22. The van der Waals surface area contributed by atoms with Crippen molar-refractivity contribution in [2.75, 3.05) is 7.11 Å². The molecule has 2 nitrogen and oxygen atoms in total. The predicted molar refractivity (Wildman–Crippen MR) is 60.9 cm³/mol. The Morgan fingerprint density at radius 1 is 1.38 bits per heavy atom. The number of Topliss-reactive ketones (excluding diaryl/α,β-unsaturated/α-hetero) is 1. The van der Waals surface area contributed by atoms with Crippen molar-refractivity contribution in [3.05, 3.63) is 35.1 Å². The third-order valence-electron chi connectivity index (χ3n) is 3.00. The summed E-state index contributed by atoms with van der Waals surface area (Å²) in [5, 5.41) is 7.00. The topological polar surface area (TPSA) is 37.3 Å². The molecule has 1 atom stereocenters. The lowest BCUT2D eigenvalue weighted by Crippen LogP contribution is -1.99. The molecule has 0 aliphatic heterocycles. The zero-order valence-corrected chi connectivity index (χ0v) is 9.66. The molecule has 1 aromatic carbocycles. The SMILES string of the molecule is CO.Cc1c(F)cccc1C1CCC(=O)C1. The highest BCUT2D eigenvalue weighted by Gasteiger charge is 2.25. The molecule has 1 unspecified atom stereocenters. The molecule has 0 radical (unpaired) electrons. The molecule has 0 spiro atoms. The van der Waals surface area contributed by atoms with Gasteiger partial charge in [-0.15, -0.1) is 0 Å². The molecule has 2 rings (SSSR count). The highest BCUT2D eigenvalue weighted by molar-refractivity contribution is 5.81. The average molecular weight is 224 g/mol. The lowest BCUT2D eigenvalue weighted by atomic mass is 9.93. The molecule has 0 bridgehead atoms. The first-order valence-corrected chi connectivity index (χ1v) is 5.40. The van der Waals surface area contributed by atoms with Gasteiger partial charge in [0.05, 0.1) is 0 Å². The number of hydrogen-bond acceptors (Lipinski definition) is 2. The van der Waals surface area contributed by atoms with E-state index in [1.54, 1.807) is 13.0 Å². The smallest absolute Gasteiger partial charge is 0.133 e. The monoisotopic (exact) mass is 224 g/mol. The van der Waals surface area contributed by atoms with Gasteiger partial charge in [0.2, 0.25) is 0 Å².